The minimum absolute atomic E-state index is 0.00489. The third-order valence-electron chi connectivity index (χ3n) is 9.09. The molecular formula is C33H38N2O4. The molecular weight excluding hydrogens is 488 g/mol. The molecule has 2 aliphatic rings. The maximum atomic E-state index is 13.1. The predicted molar refractivity (Wildman–Crippen MR) is 155 cm³/mol. The highest BCUT2D eigenvalue weighted by atomic mass is 16.4. The monoisotopic (exact) mass is 526 g/mol. The number of furan rings is 1. The lowest BCUT2D eigenvalue weighted by Gasteiger charge is -2.44. The first-order chi connectivity index (χ1) is 18.9. The zero-order valence-electron chi connectivity index (χ0n) is 23.3. The lowest BCUT2D eigenvalue weighted by Crippen LogP contribution is -2.51. The molecule has 6 heteroatoms. The zero-order chi connectivity index (χ0) is 27.1. The second kappa shape index (κ2) is 10.6. The fourth-order valence-electron chi connectivity index (χ4n) is 7.01. The molecule has 2 aliphatic heterocycles. The van der Waals surface area contributed by atoms with Crippen molar-refractivity contribution in [3.63, 3.8) is 0 Å². The molecule has 0 bridgehead atoms. The number of aryl methyl sites for hydroxylation is 3. The molecule has 0 spiro atoms. The Balaban J connectivity index is 1.24. The van der Waals surface area contributed by atoms with Gasteiger partial charge in [-0.2, -0.15) is 0 Å². The highest BCUT2D eigenvalue weighted by molar-refractivity contribution is 6.05. The van der Waals surface area contributed by atoms with E-state index in [0.29, 0.717) is 29.5 Å². The lowest BCUT2D eigenvalue weighted by atomic mass is 9.83. The van der Waals surface area contributed by atoms with E-state index in [1.165, 1.54) is 45.2 Å². The number of hydrogen-bond donors (Lipinski definition) is 1. The quantitative estimate of drug-likeness (QED) is 0.293. The Morgan fingerprint density at radius 1 is 0.949 bits per heavy atom. The van der Waals surface area contributed by atoms with Crippen molar-refractivity contribution in [3.05, 3.63) is 69.3 Å². The van der Waals surface area contributed by atoms with Crippen LogP contribution in [-0.2, 0) is 11.2 Å². The van der Waals surface area contributed by atoms with Gasteiger partial charge in [-0.05, 0) is 89.1 Å². The second-order valence-corrected chi connectivity index (χ2v) is 11.5. The minimum atomic E-state index is -0.369. The number of nitrogens with zero attached hydrogens (tertiary/aromatic N) is 1. The molecule has 6 rings (SSSR count). The van der Waals surface area contributed by atoms with Gasteiger partial charge in [-0.1, -0.05) is 36.8 Å². The second-order valence-electron chi connectivity index (χ2n) is 11.5. The fourth-order valence-corrected chi connectivity index (χ4v) is 7.01. The Morgan fingerprint density at radius 2 is 1.72 bits per heavy atom. The Morgan fingerprint density at radius 3 is 2.54 bits per heavy atom. The molecule has 2 aromatic carbocycles. The van der Waals surface area contributed by atoms with E-state index in [1.807, 2.05) is 39.0 Å². The summed E-state index contributed by atoms with van der Waals surface area (Å²) in [5, 5.41) is 5.09. The molecule has 0 saturated carbocycles. The van der Waals surface area contributed by atoms with Gasteiger partial charge in [0.05, 0.1) is 0 Å². The molecule has 1 amide bonds. The van der Waals surface area contributed by atoms with Crippen molar-refractivity contribution in [3.8, 4) is 11.1 Å². The molecule has 2 aromatic heterocycles. The average Bonchev–Trinajstić information content (AvgIpc) is 3.29. The van der Waals surface area contributed by atoms with Gasteiger partial charge >= 0.3 is 5.63 Å². The Bertz CT molecular complexity index is 1580. The van der Waals surface area contributed by atoms with Crippen LogP contribution < -0.4 is 10.9 Å². The van der Waals surface area contributed by atoms with Crippen LogP contribution in [0, 0.1) is 26.7 Å². The Kier molecular flexibility index (Phi) is 7.06. The molecule has 6 nitrogen and oxygen atoms in total. The lowest BCUT2D eigenvalue weighted by molar-refractivity contribution is -0.121. The number of hydrogen-bond acceptors (Lipinski definition) is 5. The van der Waals surface area contributed by atoms with Crippen LogP contribution in [-0.4, -0.2) is 36.5 Å². The van der Waals surface area contributed by atoms with Crippen molar-refractivity contribution in [2.24, 2.45) is 5.92 Å². The van der Waals surface area contributed by atoms with Gasteiger partial charge in [0.15, 0.2) is 0 Å². The molecule has 2 fully saturated rings. The molecule has 4 heterocycles. The van der Waals surface area contributed by atoms with E-state index in [2.05, 4.69) is 28.4 Å². The molecule has 0 radical (unpaired) electrons. The van der Waals surface area contributed by atoms with Crippen LogP contribution in [0.15, 0.2) is 50.0 Å². The molecule has 39 heavy (non-hydrogen) atoms. The molecule has 2 atom stereocenters. The number of amides is 1. The smallest absolute Gasteiger partial charge is 0.339 e. The summed E-state index contributed by atoms with van der Waals surface area (Å²) < 4.78 is 12.0. The van der Waals surface area contributed by atoms with E-state index in [0.717, 1.165) is 50.9 Å². The van der Waals surface area contributed by atoms with Gasteiger partial charge in [0, 0.05) is 46.5 Å². The Hall–Kier alpha value is -3.38. The largest absolute Gasteiger partial charge is 0.460 e. The van der Waals surface area contributed by atoms with Crippen molar-refractivity contribution >= 4 is 27.8 Å². The van der Waals surface area contributed by atoms with Gasteiger partial charge in [0.25, 0.3) is 0 Å². The number of piperidine rings is 2. The highest BCUT2D eigenvalue weighted by Crippen LogP contribution is 2.39. The van der Waals surface area contributed by atoms with Crippen molar-refractivity contribution in [2.45, 2.75) is 71.8 Å². The summed E-state index contributed by atoms with van der Waals surface area (Å²) in [6, 6.07) is 12.9. The maximum absolute atomic E-state index is 13.1. The first-order valence-electron chi connectivity index (χ1n) is 14.5. The molecule has 2 saturated heterocycles. The van der Waals surface area contributed by atoms with Crippen LogP contribution >= 0.6 is 0 Å². The van der Waals surface area contributed by atoms with Gasteiger partial charge in [-0.3, -0.25) is 4.79 Å². The third kappa shape index (κ3) is 4.80. The number of carbonyl (C=O) groups excluding carboxylic acids is 1. The first kappa shape index (κ1) is 25.9. The summed E-state index contributed by atoms with van der Waals surface area (Å²) in [6.45, 7) is 9.00. The van der Waals surface area contributed by atoms with Crippen molar-refractivity contribution in [1.29, 1.82) is 0 Å². The summed E-state index contributed by atoms with van der Waals surface area (Å²) >= 11 is 0. The number of carbonyl (C=O) groups is 1. The van der Waals surface area contributed by atoms with E-state index < -0.39 is 0 Å². The zero-order valence-corrected chi connectivity index (χ0v) is 23.3. The van der Waals surface area contributed by atoms with Crippen molar-refractivity contribution < 1.29 is 13.6 Å². The summed E-state index contributed by atoms with van der Waals surface area (Å²) in [5.74, 6) is 1.36. The van der Waals surface area contributed by atoms with Crippen LogP contribution in [0.1, 0.15) is 61.0 Å². The first-order valence-corrected chi connectivity index (χ1v) is 14.5. The van der Waals surface area contributed by atoms with Gasteiger partial charge in [-0.25, -0.2) is 4.79 Å². The maximum Gasteiger partial charge on any atom is 0.339 e. The van der Waals surface area contributed by atoms with E-state index in [-0.39, 0.29) is 18.0 Å². The number of rotatable bonds is 6. The summed E-state index contributed by atoms with van der Waals surface area (Å²) in [7, 11) is 0. The number of nitrogens with one attached hydrogen (secondary N) is 1. The van der Waals surface area contributed by atoms with Crippen LogP contribution in [0.4, 0.5) is 0 Å². The topological polar surface area (TPSA) is 75.7 Å². The van der Waals surface area contributed by atoms with Crippen LogP contribution in [0.2, 0.25) is 0 Å². The third-order valence-corrected chi connectivity index (χ3v) is 9.09. The predicted octanol–water partition coefficient (Wildman–Crippen LogP) is 6.44. The van der Waals surface area contributed by atoms with Crippen molar-refractivity contribution in [1.82, 2.24) is 10.2 Å². The van der Waals surface area contributed by atoms with Gasteiger partial charge in [0.1, 0.15) is 16.9 Å². The van der Waals surface area contributed by atoms with Crippen LogP contribution in [0.5, 0.6) is 0 Å². The Labute approximate surface area is 229 Å². The molecule has 204 valence electrons. The van der Waals surface area contributed by atoms with Crippen LogP contribution in [0.25, 0.3) is 33.1 Å². The highest BCUT2D eigenvalue weighted by Gasteiger charge is 2.33. The minimum Gasteiger partial charge on any atom is -0.460 e. The van der Waals surface area contributed by atoms with E-state index in [4.69, 9.17) is 8.83 Å². The fraction of sp³-hybridized carbons (Fsp3) is 0.455. The van der Waals surface area contributed by atoms with E-state index in [1.54, 1.807) is 0 Å². The van der Waals surface area contributed by atoms with Gasteiger partial charge in [0.2, 0.25) is 5.91 Å². The van der Waals surface area contributed by atoms with Gasteiger partial charge < -0.3 is 19.1 Å². The van der Waals surface area contributed by atoms with Crippen LogP contribution in [0.3, 0.4) is 0 Å². The summed E-state index contributed by atoms with van der Waals surface area (Å²) in [5.41, 5.74) is 5.35. The van der Waals surface area contributed by atoms with E-state index in [9.17, 15) is 9.59 Å². The normalized spacial score (nSPS) is 19.9. The van der Waals surface area contributed by atoms with Gasteiger partial charge in [-0.15, -0.1) is 0 Å². The molecule has 4 aromatic rings. The van der Waals surface area contributed by atoms with Crippen molar-refractivity contribution in [2.75, 3.05) is 19.6 Å². The SMILES string of the molecule is Cc1oc2c(C)c3oc(=O)c(CCC(=O)NC[C@H]4CCCN5CCCC[C@H]45)c(C)c3cc2c1-c1ccccc1. The average molecular weight is 527 g/mol. The summed E-state index contributed by atoms with van der Waals surface area (Å²) in [4.78, 5) is 28.6. The van der Waals surface area contributed by atoms with E-state index >= 15 is 0 Å². The number of fused-ring (bicyclic) bond motifs is 3. The molecule has 0 aliphatic carbocycles. The number of benzene rings is 2. The summed E-state index contributed by atoms with van der Waals surface area (Å²) in [6.07, 6.45) is 6.86. The standard InChI is InChI=1S/C33H38N2O4/c1-20-25(14-15-29(36)34-19-24-12-9-17-35-16-8-7-13-28(24)35)33(37)39-31-21(2)32-27(18-26(20)31)30(22(3)38-32)23-10-5-4-6-11-23/h4-6,10-11,18,24,28H,7-9,12-17,19H2,1-3H3,(H,34,36)/t24-,28-/m1/s1. The molecule has 1 N–H and O–H groups in total. The molecule has 0 unspecified atom stereocenters.